The van der Waals surface area contributed by atoms with Crippen LogP contribution in [0.1, 0.15) is 34.7 Å². The summed E-state index contributed by atoms with van der Waals surface area (Å²) >= 11 is 1.71. The monoisotopic (exact) mass is 415 g/mol. The van der Waals surface area contributed by atoms with Gasteiger partial charge in [-0.3, -0.25) is 0 Å². The van der Waals surface area contributed by atoms with Gasteiger partial charge in [0.15, 0.2) is 0 Å². The van der Waals surface area contributed by atoms with E-state index in [0.29, 0.717) is 18.8 Å². The van der Waals surface area contributed by atoms with Crippen molar-refractivity contribution in [1.29, 1.82) is 0 Å². The lowest BCUT2D eigenvalue weighted by molar-refractivity contribution is -0.142. The number of aromatic nitrogens is 2. The topological polar surface area (TPSA) is 84.3 Å². The van der Waals surface area contributed by atoms with E-state index in [1.54, 1.807) is 17.4 Å². The van der Waals surface area contributed by atoms with Crippen LogP contribution in [0.2, 0.25) is 0 Å². The van der Waals surface area contributed by atoms with Crippen LogP contribution in [-0.2, 0) is 35.3 Å². The summed E-state index contributed by atoms with van der Waals surface area (Å²) in [6.45, 7) is 0.371. The predicted molar refractivity (Wildman–Crippen MR) is 110 cm³/mol. The number of nitrogens with one attached hydrogen (secondary N) is 1. The highest BCUT2D eigenvalue weighted by Crippen LogP contribution is 2.38. The molecule has 8 heteroatoms. The van der Waals surface area contributed by atoms with E-state index < -0.39 is 5.97 Å². The summed E-state index contributed by atoms with van der Waals surface area (Å²) in [6.07, 6.45) is 4.87. The first-order valence-corrected chi connectivity index (χ1v) is 10.5. The van der Waals surface area contributed by atoms with E-state index in [2.05, 4.69) is 5.32 Å². The maximum Gasteiger partial charge on any atom is 0.329 e. The second-order valence-electron chi connectivity index (χ2n) is 7.06. The second-order valence-corrected chi connectivity index (χ2v) is 8.14. The Kier molecular flexibility index (Phi) is 6.01. The van der Waals surface area contributed by atoms with E-state index in [-0.39, 0.29) is 19.0 Å². The molecule has 0 radical (unpaired) electrons. The van der Waals surface area contributed by atoms with Gasteiger partial charge in [-0.05, 0) is 48.9 Å². The molecular formula is C21H22FN3O3S. The number of carbonyl (C=O) groups is 1. The quantitative estimate of drug-likeness (QED) is 0.542. The third kappa shape index (κ3) is 4.71. The average molecular weight is 415 g/mol. The highest BCUT2D eigenvalue weighted by atomic mass is 32.1. The number of nitrogens with zero attached hydrogens (tertiary/aromatic N) is 2. The van der Waals surface area contributed by atoms with Crippen LogP contribution in [0, 0.1) is 5.82 Å². The van der Waals surface area contributed by atoms with Gasteiger partial charge in [0.25, 0.3) is 0 Å². The molecule has 3 aromatic rings. The van der Waals surface area contributed by atoms with Gasteiger partial charge in [-0.25, -0.2) is 19.2 Å². The van der Waals surface area contributed by atoms with E-state index in [9.17, 15) is 9.18 Å². The zero-order valence-corrected chi connectivity index (χ0v) is 16.7. The minimum absolute atomic E-state index is 0.242. The maximum atomic E-state index is 13.5. The van der Waals surface area contributed by atoms with Gasteiger partial charge in [-0.15, -0.1) is 11.3 Å². The fourth-order valence-electron chi connectivity index (χ4n) is 3.60. The summed E-state index contributed by atoms with van der Waals surface area (Å²) in [5.74, 6) is 0.112. The molecule has 0 amide bonds. The summed E-state index contributed by atoms with van der Waals surface area (Å²) in [5, 5.41) is 13.1. The van der Waals surface area contributed by atoms with Crippen molar-refractivity contribution >= 4 is 33.3 Å². The molecule has 1 aliphatic rings. The molecule has 29 heavy (non-hydrogen) atoms. The Balaban J connectivity index is 1.61. The highest BCUT2D eigenvalue weighted by Gasteiger charge is 2.21. The predicted octanol–water partition coefficient (Wildman–Crippen LogP) is 3.97. The number of carboxylic acid groups (broad SMARTS) is 1. The molecule has 0 bridgehead atoms. The number of aryl methyl sites for hydroxylation is 2. The van der Waals surface area contributed by atoms with E-state index >= 15 is 0 Å². The summed E-state index contributed by atoms with van der Waals surface area (Å²) in [6, 6.07) is 6.50. The number of benzene rings is 1. The molecule has 0 unspecified atom stereocenters. The summed E-state index contributed by atoms with van der Waals surface area (Å²) < 4.78 is 18.6. The number of ether oxygens (including phenoxy) is 1. The van der Waals surface area contributed by atoms with Crippen LogP contribution in [0.3, 0.4) is 0 Å². The van der Waals surface area contributed by atoms with Crippen LogP contribution >= 0.6 is 11.3 Å². The van der Waals surface area contributed by atoms with Gasteiger partial charge in [0.05, 0.1) is 12.0 Å². The lowest BCUT2D eigenvalue weighted by Gasteiger charge is -2.13. The molecular weight excluding hydrogens is 393 g/mol. The molecule has 0 saturated carbocycles. The Hall–Kier alpha value is -2.58. The van der Waals surface area contributed by atoms with Crippen molar-refractivity contribution in [3.8, 4) is 0 Å². The number of fused-ring (bicyclic) bond motifs is 3. The highest BCUT2D eigenvalue weighted by molar-refractivity contribution is 7.19. The van der Waals surface area contributed by atoms with Gasteiger partial charge in [0.2, 0.25) is 0 Å². The number of hydrogen-bond acceptors (Lipinski definition) is 6. The van der Waals surface area contributed by atoms with Gasteiger partial charge in [0.1, 0.15) is 28.9 Å². The molecule has 2 aromatic heterocycles. The number of carboxylic acids is 1. The summed E-state index contributed by atoms with van der Waals surface area (Å²) in [7, 11) is 0. The van der Waals surface area contributed by atoms with Crippen molar-refractivity contribution in [2.45, 2.75) is 38.6 Å². The van der Waals surface area contributed by atoms with Gasteiger partial charge < -0.3 is 15.2 Å². The van der Waals surface area contributed by atoms with Gasteiger partial charge in [-0.1, -0.05) is 12.1 Å². The van der Waals surface area contributed by atoms with Crippen molar-refractivity contribution in [3.63, 3.8) is 0 Å². The number of anilines is 1. The molecule has 6 nitrogen and oxygen atoms in total. The first-order valence-electron chi connectivity index (χ1n) is 9.69. The normalized spacial score (nSPS) is 13.4. The minimum atomic E-state index is -0.996. The number of rotatable bonds is 8. The Bertz CT molecular complexity index is 1040. The van der Waals surface area contributed by atoms with Gasteiger partial charge in [-0.2, -0.15) is 0 Å². The van der Waals surface area contributed by atoms with Crippen molar-refractivity contribution in [1.82, 2.24) is 9.97 Å². The first kappa shape index (κ1) is 19.7. The average Bonchev–Trinajstić information content (AvgIpc) is 3.08. The second kappa shape index (κ2) is 8.84. The van der Waals surface area contributed by atoms with Crippen LogP contribution in [0.5, 0.6) is 0 Å². The Morgan fingerprint density at radius 2 is 2.14 bits per heavy atom. The molecule has 0 saturated heterocycles. The number of hydrogen-bond donors (Lipinski definition) is 2. The largest absolute Gasteiger partial charge is 0.480 e. The Labute approximate surface area is 171 Å². The Morgan fingerprint density at radius 1 is 1.28 bits per heavy atom. The molecule has 0 spiro atoms. The SMILES string of the molecule is O=C(O)COCCc1nc(NCc2cccc(F)c2)c2c3c(sc2n1)CCCC3. The minimum Gasteiger partial charge on any atom is -0.480 e. The number of halogens is 1. The zero-order chi connectivity index (χ0) is 20.2. The van der Waals surface area contributed by atoms with E-state index in [1.807, 2.05) is 6.07 Å². The molecule has 0 atom stereocenters. The van der Waals surface area contributed by atoms with E-state index in [1.165, 1.54) is 29.0 Å². The van der Waals surface area contributed by atoms with Crippen molar-refractivity contribution in [2.24, 2.45) is 0 Å². The number of aliphatic carboxylic acids is 1. The zero-order valence-electron chi connectivity index (χ0n) is 15.9. The van der Waals surface area contributed by atoms with E-state index in [4.69, 9.17) is 19.8 Å². The van der Waals surface area contributed by atoms with Crippen LogP contribution < -0.4 is 5.32 Å². The van der Waals surface area contributed by atoms with E-state index in [0.717, 1.165) is 40.9 Å². The molecule has 2 heterocycles. The third-order valence-electron chi connectivity index (χ3n) is 4.91. The third-order valence-corrected chi connectivity index (χ3v) is 6.09. The molecule has 1 aliphatic carbocycles. The molecule has 1 aromatic carbocycles. The fourth-order valence-corrected chi connectivity index (χ4v) is 4.88. The molecule has 152 valence electrons. The summed E-state index contributed by atoms with van der Waals surface area (Å²) in [5.41, 5.74) is 2.17. The van der Waals surface area contributed by atoms with Crippen LogP contribution in [0.25, 0.3) is 10.2 Å². The van der Waals surface area contributed by atoms with Gasteiger partial charge in [0, 0.05) is 17.8 Å². The lowest BCUT2D eigenvalue weighted by Crippen LogP contribution is -2.11. The maximum absolute atomic E-state index is 13.5. The fraction of sp³-hybridized carbons (Fsp3) is 0.381. The molecule has 0 fully saturated rings. The van der Waals surface area contributed by atoms with Crippen LogP contribution in [0.4, 0.5) is 10.2 Å². The molecule has 2 N–H and O–H groups in total. The van der Waals surface area contributed by atoms with Crippen molar-refractivity contribution in [3.05, 3.63) is 51.9 Å². The first-order chi connectivity index (χ1) is 14.1. The standard InChI is InChI=1S/C21H22FN3O3S/c22-14-5-3-4-13(10-14)11-23-20-19-15-6-1-2-7-16(15)29-21(19)25-17(24-20)8-9-28-12-18(26)27/h3-5,10H,1-2,6-9,11-12H2,(H,26,27)(H,23,24,25). The van der Waals surface area contributed by atoms with Crippen LogP contribution in [0.15, 0.2) is 24.3 Å². The molecule has 0 aliphatic heterocycles. The smallest absolute Gasteiger partial charge is 0.329 e. The summed E-state index contributed by atoms with van der Waals surface area (Å²) in [4.78, 5) is 22.3. The van der Waals surface area contributed by atoms with Crippen molar-refractivity contribution < 1.29 is 19.0 Å². The lowest BCUT2D eigenvalue weighted by atomic mass is 9.97. The Morgan fingerprint density at radius 3 is 2.97 bits per heavy atom. The molecule has 4 rings (SSSR count). The van der Waals surface area contributed by atoms with Gasteiger partial charge >= 0.3 is 5.97 Å². The van der Waals surface area contributed by atoms with Crippen LogP contribution in [-0.4, -0.2) is 34.3 Å². The number of thiophene rings is 1. The van der Waals surface area contributed by atoms with Crippen molar-refractivity contribution in [2.75, 3.05) is 18.5 Å².